The fraction of sp³-hybridized carbons (Fsp3) is 0.588. The highest BCUT2D eigenvalue weighted by molar-refractivity contribution is 5.81. The van der Waals surface area contributed by atoms with Crippen molar-refractivity contribution < 1.29 is 14.3 Å². The number of nitrogens with two attached hydrogens (primary N) is 1. The van der Waals surface area contributed by atoms with Crippen molar-refractivity contribution in [1.29, 1.82) is 0 Å². The van der Waals surface area contributed by atoms with Crippen molar-refractivity contribution in [3.05, 3.63) is 23.8 Å². The maximum Gasteiger partial charge on any atom is 0.236 e. The van der Waals surface area contributed by atoms with Crippen molar-refractivity contribution in [3.8, 4) is 11.5 Å². The number of ether oxygens (including phenoxy) is 2. The van der Waals surface area contributed by atoms with E-state index in [2.05, 4.69) is 19.2 Å². The van der Waals surface area contributed by atoms with E-state index in [0.29, 0.717) is 26.2 Å². The molecule has 0 spiro atoms. The molecular formula is C17H26N2O3. The molecule has 5 nitrogen and oxygen atoms in total. The summed E-state index contributed by atoms with van der Waals surface area (Å²) in [6, 6.07) is 5.51. The number of hydrogen-bond donors (Lipinski definition) is 2. The van der Waals surface area contributed by atoms with Crippen LogP contribution in [-0.2, 0) is 10.2 Å². The summed E-state index contributed by atoms with van der Waals surface area (Å²) in [6.07, 6.45) is 1.61. The Morgan fingerprint density at radius 3 is 2.68 bits per heavy atom. The first-order chi connectivity index (χ1) is 10.4. The molecule has 22 heavy (non-hydrogen) atoms. The first-order valence-electron chi connectivity index (χ1n) is 7.87. The van der Waals surface area contributed by atoms with Gasteiger partial charge in [0.15, 0.2) is 11.5 Å². The quantitative estimate of drug-likeness (QED) is 0.843. The van der Waals surface area contributed by atoms with E-state index in [1.54, 1.807) is 0 Å². The summed E-state index contributed by atoms with van der Waals surface area (Å²) in [5, 5.41) is 2.95. The minimum atomic E-state index is -0.430. The standard InChI is InChI=1S/C17H26N2O3/c1-4-5-13(18)16(20)19-11-17(2,3)12-6-7-14-15(10-12)22-9-8-21-14/h6-7,10,13H,4-5,8-9,11,18H2,1-3H3,(H,19,20). The van der Waals surface area contributed by atoms with E-state index in [-0.39, 0.29) is 11.3 Å². The lowest BCUT2D eigenvalue weighted by molar-refractivity contribution is -0.122. The van der Waals surface area contributed by atoms with Gasteiger partial charge >= 0.3 is 0 Å². The summed E-state index contributed by atoms with van der Waals surface area (Å²) < 4.78 is 11.2. The second kappa shape index (κ2) is 7.01. The summed E-state index contributed by atoms with van der Waals surface area (Å²) in [5.41, 5.74) is 6.73. The van der Waals surface area contributed by atoms with Gasteiger partial charge in [-0.1, -0.05) is 33.3 Å². The highest BCUT2D eigenvalue weighted by atomic mass is 16.6. The van der Waals surface area contributed by atoms with Crippen LogP contribution in [0.3, 0.4) is 0 Å². The molecule has 1 atom stereocenters. The van der Waals surface area contributed by atoms with Crippen LogP contribution in [0.1, 0.15) is 39.2 Å². The van der Waals surface area contributed by atoms with Crippen molar-refractivity contribution in [2.45, 2.75) is 45.1 Å². The molecule has 0 fully saturated rings. The predicted molar refractivity (Wildman–Crippen MR) is 86.4 cm³/mol. The molecular weight excluding hydrogens is 280 g/mol. The first kappa shape index (κ1) is 16.6. The highest BCUT2D eigenvalue weighted by Gasteiger charge is 2.25. The number of rotatable bonds is 6. The van der Waals surface area contributed by atoms with Crippen molar-refractivity contribution >= 4 is 5.91 Å². The number of benzene rings is 1. The lowest BCUT2D eigenvalue weighted by Gasteiger charge is -2.28. The van der Waals surface area contributed by atoms with Crippen LogP contribution >= 0.6 is 0 Å². The minimum Gasteiger partial charge on any atom is -0.486 e. The van der Waals surface area contributed by atoms with E-state index >= 15 is 0 Å². The number of carbonyl (C=O) groups is 1. The monoisotopic (exact) mass is 306 g/mol. The Balaban J connectivity index is 2.02. The normalized spacial score (nSPS) is 15.3. The van der Waals surface area contributed by atoms with Crippen LogP contribution in [0.25, 0.3) is 0 Å². The second-order valence-electron chi connectivity index (χ2n) is 6.36. The molecule has 0 saturated carbocycles. The van der Waals surface area contributed by atoms with Gasteiger partial charge in [-0.05, 0) is 24.1 Å². The molecule has 5 heteroatoms. The largest absolute Gasteiger partial charge is 0.486 e. The Morgan fingerprint density at radius 1 is 1.32 bits per heavy atom. The molecule has 0 bridgehead atoms. The molecule has 122 valence electrons. The number of amides is 1. The van der Waals surface area contributed by atoms with E-state index < -0.39 is 6.04 Å². The van der Waals surface area contributed by atoms with Gasteiger partial charge in [0.25, 0.3) is 0 Å². The van der Waals surface area contributed by atoms with E-state index in [1.807, 2.05) is 25.1 Å². The highest BCUT2D eigenvalue weighted by Crippen LogP contribution is 2.34. The zero-order valence-electron chi connectivity index (χ0n) is 13.6. The Bertz CT molecular complexity index is 529. The Hall–Kier alpha value is -1.75. The number of carbonyl (C=O) groups excluding carboxylic acids is 1. The maximum absolute atomic E-state index is 12.0. The van der Waals surface area contributed by atoms with Crippen molar-refractivity contribution in [2.24, 2.45) is 5.73 Å². The summed E-state index contributed by atoms with van der Waals surface area (Å²) in [6.45, 7) is 7.88. The topological polar surface area (TPSA) is 73.6 Å². The van der Waals surface area contributed by atoms with Gasteiger partial charge < -0.3 is 20.5 Å². The van der Waals surface area contributed by atoms with Gasteiger partial charge in [-0.15, -0.1) is 0 Å². The third-order valence-electron chi connectivity index (χ3n) is 3.96. The molecule has 3 N–H and O–H groups in total. The van der Waals surface area contributed by atoms with Crippen molar-refractivity contribution in [3.63, 3.8) is 0 Å². The molecule has 1 aliphatic heterocycles. The lowest BCUT2D eigenvalue weighted by atomic mass is 9.84. The molecule has 0 aliphatic carbocycles. The molecule has 1 unspecified atom stereocenters. The molecule has 0 radical (unpaired) electrons. The fourth-order valence-electron chi connectivity index (χ4n) is 2.45. The Morgan fingerprint density at radius 2 is 2.00 bits per heavy atom. The molecule has 0 aromatic heterocycles. The third-order valence-corrected chi connectivity index (χ3v) is 3.96. The van der Waals surface area contributed by atoms with Crippen LogP contribution in [0.2, 0.25) is 0 Å². The average molecular weight is 306 g/mol. The Kier molecular flexibility index (Phi) is 5.29. The van der Waals surface area contributed by atoms with Gasteiger partial charge in [0.2, 0.25) is 5.91 Å². The summed E-state index contributed by atoms with van der Waals surface area (Å²) >= 11 is 0. The smallest absolute Gasteiger partial charge is 0.236 e. The number of hydrogen-bond acceptors (Lipinski definition) is 4. The predicted octanol–water partition coefficient (Wildman–Crippen LogP) is 1.98. The van der Waals surface area contributed by atoms with Crippen molar-refractivity contribution in [2.75, 3.05) is 19.8 Å². The van der Waals surface area contributed by atoms with Crippen LogP contribution in [0.15, 0.2) is 18.2 Å². The van der Waals surface area contributed by atoms with Crippen LogP contribution in [0.5, 0.6) is 11.5 Å². The van der Waals surface area contributed by atoms with Gasteiger partial charge in [0.1, 0.15) is 13.2 Å². The maximum atomic E-state index is 12.0. The van der Waals surface area contributed by atoms with Gasteiger partial charge in [0, 0.05) is 12.0 Å². The molecule has 2 rings (SSSR count). The zero-order chi connectivity index (χ0) is 16.2. The number of nitrogens with one attached hydrogen (secondary N) is 1. The van der Waals surface area contributed by atoms with E-state index in [1.165, 1.54) is 0 Å². The first-order valence-corrected chi connectivity index (χ1v) is 7.87. The lowest BCUT2D eigenvalue weighted by Crippen LogP contribution is -2.45. The fourth-order valence-corrected chi connectivity index (χ4v) is 2.45. The van der Waals surface area contributed by atoms with Gasteiger partial charge in [0.05, 0.1) is 6.04 Å². The summed E-state index contributed by atoms with van der Waals surface area (Å²) in [4.78, 5) is 12.0. The summed E-state index contributed by atoms with van der Waals surface area (Å²) in [5.74, 6) is 1.46. The van der Waals surface area contributed by atoms with Crippen LogP contribution in [-0.4, -0.2) is 31.7 Å². The zero-order valence-corrected chi connectivity index (χ0v) is 13.6. The van der Waals surface area contributed by atoms with Crippen LogP contribution in [0, 0.1) is 0 Å². The van der Waals surface area contributed by atoms with Crippen LogP contribution in [0.4, 0.5) is 0 Å². The van der Waals surface area contributed by atoms with Crippen molar-refractivity contribution in [1.82, 2.24) is 5.32 Å². The summed E-state index contributed by atoms with van der Waals surface area (Å²) in [7, 11) is 0. The van der Waals surface area contributed by atoms with E-state index in [0.717, 1.165) is 23.5 Å². The Labute approximate surface area is 132 Å². The van der Waals surface area contributed by atoms with E-state index in [4.69, 9.17) is 15.2 Å². The van der Waals surface area contributed by atoms with Gasteiger partial charge in [-0.25, -0.2) is 0 Å². The molecule has 1 aromatic carbocycles. The SMILES string of the molecule is CCCC(N)C(=O)NCC(C)(C)c1ccc2c(c1)OCCO2. The number of fused-ring (bicyclic) bond motifs is 1. The van der Waals surface area contributed by atoms with Gasteiger partial charge in [-0.2, -0.15) is 0 Å². The molecule has 1 aliphatic rings. The average Bonchev–Trinajstić information content (AvgIpc) is 2.52. The third kappa shape index (κ3) is 3.91. The molecule has 0 saturated heterocycles. The molecule has 1 amide bonds. The van der Waals surface area contributed by atoms with E-state index in [9.17, 15) is 4.79 Å². The molecule has 1 heterocycles. The second-order valence-corrected chi connectivity index (χ2v) is 6.36. The minimum absolute atomic E-state index is 0.0903. The van der Waals surface area contributed by atoms with Gasteiger partial charge in [-0.3, -0.25) is 4.79 Å². The molecule has 1 aromatic rings. The van der Waals surface area contributed by atoms with Crippen LogP contribution < -0.4 is 20.5 Å².